The average Bonchev–Trinajstić information content (AvgIpc) is 2.21. The fourth-order valence-electron chi connectivity index (χ4n) is 1.30. The summed E-state index contributed by atoms with van der Waals surface area (Å²) in [6.45, 7) is 6.89. The van der Waals surface area contributed by atoms with Crippen molar-refractivity contribution < 1.29 is 19.4 Å². The number of carboxylic acid groups (broad SMARTS) is 1. The van der Waals surface area contributed by atoms with Crippen LogP contribution in [0.15, 0.2) is 0 Å². The Labute approximate surface area is 108 Å². The number of ether oxygens (including phenoxy) is 1. The quantitative estimate of drug-likeness (QED) is 0.587. The number of methoxy groups -OCH3 is 1. The van der Waals surface area contributed by atoms with Crippen LogP contribution in [0.1, 0.15) is 33.6 Å². The maximum atomic E-state index is 11.5. The van der Waals surface area contributed by atoms with Gasteiger partial charge in [-0.3, -0.25) is 9.59 Å². The minimum atomic E-state index is -0.939. The third-order valence-corrected chi connectivity index (χ3v) is 2.27. The number of rotatable bonds is 8. The van der Waals surface area contributed by atoms with E-state index in [-0.39, 0.29) is 24.4 Å². The van der Waals surface area contributed by atoms with Gasteiger partial charge in [0.05, 0.1) is 12.5 Å². The van der Waals surface area contributed by atoms with E-state index in [1.165, 1.54) is 7.11 Å². The SMILES string of the molecule is COC(CNC(=O)CCNC(C)(C)C)CC(=O)O. The highest BCUT2D eigenvalue weighted by Crippen LogP contribution is 1.98. The van der Waals surface area contributed by atoms with Crippen molar-refractivity contribution in [2.45, 2.75) is 45.3 Å². The van der Waals surface area contributed by atoms with E-state index in [1.807, 2.05) is 20.8 Å². The number of carbonyl (C=O) groups is 2. The van der Waals surface area contributed by atoms with Gasteiger partial charge in [-0.05, 0) is 20.8 Å². The third-order valence-electron chi connectivity index (χ3n) is 2.27. The predicted octanol–water partition coefficient (Wildman–Crippen LogP) is 0.371. The summed E-state index contributed by atoms with van der Waals surface area (Å²) in [5.41, 5.74) is -0.0152. The minimum Gasteiger partial charge on any atom is -0.481 e. The van der Waals surface area contributed by atoms with Gasteiger partial charge in [0.25, 0.3) is 0 Å². The Balaban J connectivity index is 3.78. The molecule has 0 aromatic carbocycles. The van der Waals surface area contributed by atoms with Gasteiger partial charge in [-0.1, -0.05) is 0 Å². The van der Waals surface area contributed by atoms with Gasteiger partial charge in [0.15, 0.2) is 0 Å². The van der Waals surface area contributed by atoms with E-state index in [1.54, 1.807) is 0 Å². The van der Waals surface area contributed by atoms with Crippen LogP contribution in [0.3, 0.4) is 0 Å². The first-order valence-corrected chi connectivity index (χ1v) is 6.01. The average molecular weight is 260 g/mol. The summed E-state index contributed by atoms with van der Waals surface area (Å²) in [7, 11) is 1.43. The van der Waals surface area contributed by atoms with E-state index in [0.29, 0.717) is 13.0 Å². The maximum Gasteiger partial charge on any atom is 0.306 e. The van der Waals surface area contributed by atoms with Crippen LogP contribution >= 0.6 is 0 Å². The zero-order valence-electron chi connectivity index (χ0n) is 11.6. The van der Waals surface area contributed by atoms with Crippen molar-refractivity contribution in [2.75, 3.05) is 20.2 Å². The summed E-state index contributed by atoms with van der Waals surface area (Å²) in [6.07, 6.45) is -0.236. The Kier molecular flexibility index (Phi) is 7.54. The first-order valence-electron chi connectivity index (χ1n) is 6.01. The molecular weight excluding hydrogens is 236 g/mol. The van der Waals surface area contributed by atoms with Crippen molar-refractivity contribution >= 4 is 11.9 Å². The molecule has 0 heterocycles. The molecule has 18 heavy (non-hydrogen) atoms. The van der Waals surface area contributed by atoms with E-state index in [2.05, 4.69) is 10.6 Å². The second kappa shape index (κ2) is 8.05. The Morgan fingerprint density at radius 3 is 2.39 bits per heavy atom. The summed E-state index contributed by atoms with van der Waals surface area (Å²) in [5, 5.41) is 14.5. The highest BCUT2D eigenvalue weighted by Gasteiger charge is 2.14. The van der Waals surface area contributed by atoms with Crippen molar-refractivity contribution in [2.24, 2.45) is 0 Å². The van der Waals surface area contributed by atoms with Crippen molar-refractivity contribution in [3.05, 3.63) is 0 Å². The number of nitrogens with one attached hydrogen (secondary N) is 2. The van der Waals surface area contributed by atoms with Gasteiger partial charge >= 0.3 is 5.97 Å². The Morgan fingerprint density at radius 1 is 1.33 bits per heavy atom. The molecule has 0 aliphatic rings. The molecule has 1 unspecified atom stereocenters. The second-order valence-corrected chi connectivity index (χ2v) is 5.19. The molecule has 0 saturated carbocycles. The highest BCUT2D eigenvalue weighted by molar-refractivity contribution is 5.76. The van der Waals surface area contributed by atoms with Crippen LogP contribution in [0.5, 0.6) is 0 Å². The standard InChI is InChI=1S/C12H24N2O4/c1-12(2,3)14-6-5-10(15)13-8-9(18-4)7-11(16)17/h9,14H,5-8H2,1-4H3,(H,13,15)(H,16,17). The lowest BCUT2D eigenvalue weighted by atomic mass is 10.1. The van der Waals surface area contributed by atoms with Gasteiger partial charge in [-0.15, -0.1) is 0 Å². The number of aliphatic carboxylic acids is 1. The molecule has 106 valence electrons. The normalized spacial score (nSPS) is 13.1. The molecule has 0 saturated heterocycles. The molecule has 0 aliphatic carbocycles. The van der Waals surface area contributed by atoms with Crippen LogP contribution in [0.25, 0.3) is 0 Å². The molecule has 0 bridgehead atoms. The van der Waals surface area contributed by atoms with E-state index < -0.39 is 12.1 Å². The van der Waals surface area contributed by atoms with Crippen molar-refractivity contribution in [1.82, 2.24) is 10.6 Å². The van der Waals surface area contributed by atoms with Gasteiger partial charge in [-0.2, -0.15) is 0 Å². The smallest absolute Gasteiger partial charge is 0.306 e. The fraction of sp³-hybridized carbons (Fsp3) is 0.833. The summed E-state index contributed by atoms with van der Waals surface area (Å²) in [6, 6.07) is 0. The van der Waals surface area contributed by atoms with Crippen molar-refractivity contribution in [3.8, 4) is 0 Å². The predicted molar refractivity (Wildman–Crippen MR) is 68.4 cm³/mol. The van der Waals surface area contributed by atoms with Gasteiger partial charge < -0.3 is 20.5 Å². The number of amides is 1. The van der Waals surface area contributed by atoms with Gasteiger partial charge in [0, 0.05) is 32.2 Å². The molecule has 0 rings (SSSR count). The lowest BCUT2D eigenvalue weighted by molar-refractivity contribution is -0.140. The van der Waals surface area contributed by atoms with Crippen LogP contribution in [-0.4, -0.2) is 48.8 Å². The van der Waals surface area contributed by atoms with Crippen molar-refractivity contribution in [3.63, 3.8) is 0 Å². The molecule has 0 aliphatic heterocycles. The van der Waals surface area contributed by atoms with Gasteiger partial charge in [-0.25, -0.2) is 0 Å². The Morgan fingerprint density at radius 2 is 1.94 bits per heavy atom. The summed E-state index contributed by atoms with van der Waals surface area (Å²) < 4.78 is 4.96. The molecule has 0 fully saturated rings. The number of carbonyl (C=O) groups excluding carboxylic acids is 1. The largest absolute Gasteiger partial charge is 0.481 e. The first kappa shape index (κ1) is 16.9. The van der Waals surface area contributed by atoms with E-state index >= 15 is 0 Å². The second-order valence-electron chi connectivity index (χ2n) is 5.19. The minimum absolute atomic E-state index is 0.0152. The van der Waals surface area contributed by atoms with E-state index in [9.17, 15) is 9.59 Å². The number of hydrogen-bond donors (Lipinski definition) is 3. The first-order chi connectivity index (χ1) is 8.24. The van der Waals surface area contributed by atoms with Crippen LogP contribution in [-0.2, 0) is 14.3 Å². The third kappa shape index (κ3) is 10.0. The van der Waals surface area contributed by atoms with Crippen LogP contribution in [0.2, 0.25) is 0 Å². The molecule has 0 aromatic rings. The lowest BCUT2D eigenvalue weighted by Gasteiger charge is -2.20. The van der Waals surface area contributed by atoms with Gasteiger partial charge in [0.2, 0.25) is 5.91 Å². The summed E-state index contributed by atoms with van der Waals surface area (Å²) >= 11 is 0. The van der Waals surface area contributed by atoms with Gasteiger partial charge in [0.1, 0.15) is 0 Å². The van der Waals surface area contributed by atoms with E-state index in [0.717, 1.165) is 0 Å². The lowest BCUT2D eigenvalue weighted by Crippen LogP contribution is -2.40. The molecule has 0 aromatic heterocycles. The molecule has 3 N–H and O–H groups in total. The zero-order valence-corrected chi connectivity index (χ0v) is 11.6. The number of carboxylic acids is 1. The molecule has 1 amide bonds. The number of hydrogen-bond acceptors (Lipinski definition) is 4. The fourth-order valence-corrected chi connectivity index (χ4v) is 1.30. The molecular formula is C12H24N2O4. The topological polar surface area (TPSA) is 87.7 Å². The molecule has 6 nitrogen and oxygen atoms in total. The van der Waals surface area contributed by atoms with Crippen LogP contribution in [0, 0.1) is 0 Å². The van der Waals surface area contributed by atoms with Crippen molar-refractivity contribution in [1.29, 1.82) is 0 Å². The summed E-state index contributed by atoms with van der Waals surface area (Å²) in [5.74, 6) is -1.05. The Hall–Kier alpha value is -1.14. The summed E-state index contributed by atoms with van der Waals surface area (Å²) in [4.78, 5) is 22.0. The Bertz CT molecular complexity index is 274. The molecule has 6 heteroatoms. The maximum absolute atomic E-state index is 11.5. The van der Waals surface area contributed by atoms with Crippen LogP contribution < -0.4 is 10.6 Å². The highest BCUT2D eigenvalue weighted by atomic mass is 16.5. The van der Waals surface area contributed by atoms with Crippen LogP contribution in [0.4, 0.5) is 0 Å². The molecule has 0 radical (unpaired) electrons. The molecule has 0 spiro atoms. The monoisotopic (exact) mass is 260 g/mol. The zero-order chi connectivity index (χ0) is 14.2. The molecule has 1 atom stereocenters. The van der Waals surface area contributed by atoms with E-state index in [4.69, 9.17) is 9.84 Å².